The molecule has 0 unspecified atom stereocenters. The zero-order valence-electron chi connectivity index (χ0n) is 18.3. The number of rotatable bonds is 4. The summed E-state index contributed by atoms with van der Waals surface area (Å²) in [5, 5.41) is 28.8. The van der Waals surface area contributed by atoms with Gasteiger partial charge in [0.15, 0.2) is 0 Å². The maximum absolute atomic E-state index is 13.0. The Morgan fingerprint density at radius 3 is 2.70 bits per heavy atom. The molecule has 33 heavy (non-hydrogen) atoms. The van der Waals surface area contributed by atoms with Gasteiger partial charge in [0.05, 0.1) is 29.0 Å². The van der Waals surface area contributed by atoms with Gasteiger partial charge in [-0.15, -0.1) is 0 Å². The molecule has 1 aromatic carbocycles. The Hall–Kier alpha value is -3.78. The summed E-state index contributed by atoms with van der Waals surface area (Å²) in [6.07, 6.45) is 6.80. The van der Waals surface area contributed by atoms with E-state index in [4.69, 9.17) is 5.10 Å². The van der Waals surface area contributed by atoms with Crippen LogP contribution in [0.2, 0.25) is 0 Å². The molecule has 0 saturated heterocycles. The van der Waals surface area contributed by atoms with E-state index in [2.05, 4.69) is 10.3 Å². The van der Waals surface area contributed by atoms with Crippen molar-refractivity contribution < 1.29 is 19.8 Å². The van der Waals surface area contributed by atoms with E-state index < -0.39 is 5.91 Å². The van der Waals surface area contributed by atoms with Crippen molar-refractivity contribution in [3.63, 3.8) is 0 Å². The molecule has 1 fully saturated rings. The van der Waals surface area contributed by atoms with E-state index in [1.54, 1.807) is 31.3 Å². The first-order valence-electron chi connectivity index (χ1n) is 11.1. The Balaban J connectivity index is 1.55. The molecule has 0 aliphatic heterocycles. The standard InChI is InChI=1S/C25H25N5O3/c1-16-5-4-7-24(30(16)33)25(32)27-23-13-17-15-29(18-8-10-19(31)11-9-18)28-22(17)14-20(23)21-6-2-3-12-26-21/h2-7,12-15,18-19,31H,8-11H2,1H3,(H-,27,32,33)/p+1/t18-,19-. The van der Waals surface area contributed by atoms with Gasteiger partial charge >= 0.3 is 11.6 Å². The van der Waals surface area contributed by atoms with E-state index in [0.29, 0.717) is 17.1 Å². The molecule has 4 aromatic rings. The minimum Gasteiger partial charge on any atom is -0.393 e. The van der Waals surface area contributed by atoms with Crippen molar-refractivity contribution in [2.45, 2.75) is 44.8 Å². The van der Waals surface area contributed by atoms with Crippen LogP contribution in [0.25, 0.3) is 22.2 Å². The lowest BCUT2D eigenvalue weighted by molar-refractivity contribution is -0.909. The SMILES string of the molecule is Cc1cccc(C(=O)Nc2cc3cn([C@H]4CC[C@H](O)CC4)nc3cc2-c2ccccn2)[n+]1O. The number of aliphatic hydroxyl groups excluding tert-OH is 1. The maximum atomic E-state index is 13.0. The highest BCUT2D eigenvalue weighted by Gasteiger charge is 2.25. The Morgan fingerprint density at radius 1 is 1.12 bits per heavy atom. The van der Waals surface area contributed by atoms with E-state index in [-0.39, 0.29) is 17.8 Å². The molecule has 8 nitrogen and oxygen atoms in total. The molecule has 1 aliphatic carbocycles. The number of carbonyl (C=O) groups excluding carboxylic acids is 1. The second-order valence-electron chi connectivity index (χ2n) is 8.56. The predicted octanol–water partition coefficient (Wildman–Crippen LogP) is 3.66. The summed E-state index contributed by atoms with van der Waals surface area (Å²) in [6.45, 7) is 1.72. The van der Waals surface area contributed by atoms with E-state index in [1.165, 1.54) is 0 Å². The maximum Gasteiger partial charge on any atom is 0.325 e. The number of aliphatic hydroxyl groups is 1. The van der Waals surface area contributed by atoms with Gasteiger partial charge in [-0.25, -0.2) is 0 Å². The highest BCUT2D eigenvalue weighted by Crippen LogP contribution is 2.34. The van der Waals surface area contributed by atoms with Crippen molar-refractivity contribution in [2.75, 3.05) is 5.32 Å². The fourth-order valence-corrected chi connectivity index (χ4v) is 4.41. The molecule has 3 heterocycles. The number of pyridine rings is 2. The Labute approximate surface area is 191 Å². The Kier molecular flexibility index (Phi) is 5.51. The highest BCUT2D eigenvalue weighted by atomic mass is 16.5. The lowest BCUT2D eigenvalue weighted by Gasteiger charge is -2.25. The molecule has 1 aliphatic rings. The van der Waals surface area contributed by atoms with Crippen LogP contribution in [0, 0.1) is 6.92 Å². The summed E-state index contributed by atoms with van der Waals surface area (Å²) < 4.78 is 2.86. The molecular formula is C25H26N5O3+. The first-order chi connectivity index (χ1) is 16.0. The quantitative estimate of drug-likeness (QED) is 0.329. The number of hydrogen-bond donors (Lipinski definition) is 3. The van der Waals surface area contributed by atoms with Gasteiger partial charge in [-0.05, 0) is 56.0 Å². The van der Waals surface area contributed by atoms with Crippen LogP contribution in [-0.4, -0.2) is 37.1 Å². The van der Waals surface area contributed by atoms with Crippen molar-refractivity contribution in [1.29, 1.82) is 0 Å². The van der Waals surface area contributed by atoms with Gasteiger partial charge in [0, 0.05) is 47.1 Å². The number of nitrogens with one attached hydrogen (secondary N) is 1. The number of aromatic nitrogens is 4. The molecule has 0 atom stereocenters. The Morgan fingerprint density at radius 2 is 1.94 bits per heavy atom. The van der Waals surface area contributed by atoms with Gasteiger partial charge in [-0.1, -0.05) is 6.07 Å². The monoisotopic (exact) mass is 444 g/mol. The first-order valence-corrected chi connectivity index (χ1v) is 11.1. The van der Waals surface area contributed by atoms with Crippen LogP contribution in [0.1, 0.15) is 47.9 Å². The molecule has 3 N–H and O–H groups in total. The molecule has 1 amide bonds. The van der Waals surface area contributed by atoms with Gasteiger partial charge in [-0.2, -0.15) is 5.10 Å². The normalized spacial score (nSPS) is 18.4. The molecule has 3 aromatic heterocycles. The average Bonchev–Trinajstić information content (AvgIpc) is 3.24. The van der Waals surface area contributed by atoms with E-state index in [9.17, 15) is 15.1 Å². The molecule has 0 spiro atoms. The van der Waals surface area contributed by atoms with Gasteiger partial charge in [0.1, 0.15) is 0 Å². The number of fused-ring (bicyclic) bond motifs is 1. The van der Waals surface area contributed by atoms with Crippen LogP contribution < -0.4 is 10.0 Å². The summed E-state index contributed by atoms with van der Waals surface area (Å²) in [5.74, 6) is -0.425. The zero-order chi connectivity index (χ0) is 22.9. The molecule has 168 valence electrons. The van der Waals surface area contributed by atoms with Crippen LogP contribution in [-0.2, 0) is 0 Å². The minimum atomic E-state index is -0.425. The summed E-state index contributed by atoms with van der Waals surface area (Å²) in [7, 11) is 0. The van der Waals surface area contributed by atoms with E-state index >= 15 is 0 Å². The number of aryl methyl sites for hydroxylation is 1. The van der Waals surface area contributed by atoms with Crippen molar-refractivity contribution in [3.8, 4) is 11.3 Å². The second-order valence-corrected chi connectivity index (χ2v) is 8.56. The third-order valence-electron chi connectivity index (χ3n) is 6.28. The summed E-state index contributed by atoms with van der Waals surface area (Å²) in [6, 6.07) is 14.7. The molecule has 0 bridgehead atoms. The Bertz CT molecular complexity index is 1310. The van der Waals surface area contributed by atoms with E-state index in [0.717, 1.165) is 46.9 Å². The van der Waals surface area contributed by atoms with Crippen molar-refractivity contribution in [1.82, 2.24) is 14.8 Å². The van der Waals surface area contributed by atoms with Crippen LogP contribution in [0.4, 0.5) is 5.69 Å². The van der Waals surface area contributed by atoms with Gasteiger partial charge in [0.2, 0.25) is 5.69 Å². The van der Waals surface area contributed by atoms with Crippen molar-refractivity contribution >= 4 is 22.5 Å². The van der Waals surface area contributed by atoms with Crippen LogP contribution >= 0.6 is 0 Å². The zero-order valence-corrected chi connectivity index (χ0v) is 18.3. The number of amides is 1. The van der Waals surface area contributed by atoms with Crippen molar-refractivity contribution in [2.24, 2.45) is 0 Å². The number of nitrogens with zero attached hydrogens (tertiary/aromatic N) is 4. The fourth-order valence-electron chi connectivity index (χ4n) is 4.41. The third kappa shape index (κ3) is 4.17. The molecular weight excluding hydrogens is 418 g/mol. The first kappa shape index (κ1) is 21.1. The minimum absolute atomic E-state index is 0.138. The summed E-state index contributed by atoms with van der Waals surface area (Å²) >= 11 is 0. The number of carbonyl (C=O) groups is 1. The molecule has 0 radical (unpaired) electrons. The molecule has 5 rings (SSSR count). The van der Waals surface area contributed by atoms with Gasteiger partial charge < -0.3 is 10.4 Å². The predicted molar refractivity (Wildman–Crippen MR) is 123 cm³/mol. The summed E-state index contributed by atoms with van der Waals surface area (Å²) in [4.78, 5) is 17.5. The third-order valence-corrected chi connectivity index (χ3v) is 6.28. The molecule has 1 saturated carbocycles. The van der Waals surface area contributed by atoms with Crippen LogP contribution in [0.5, 0.6) is 0 Å². The van der Waals surface area contributed by atoms with Crippen LogP contribution in [0.15, 0.2) is 60.9 Å². The number of hydrogen-bond acceptors (Lipinski definition) is 5. The topological polar surface area (TPSA) is 104 Å². The molecule has 8 heteroatoms. The highest BCUT2D eigenvalue weighted by molar-refractivity contribution is 6.06. The van der Waals surface area contributed by atoms with E-state index in [1.807, 2.05) is 41.2 Å². The summed E-state index contributed by atoms with van der Waals surface area (Å²) in [5.41, 5.74) is 3.56. The second kappa shape index (κ2) is 8.63. The van der Waals surface area contributed by atoms with Crippen LogP contribution in [0.3, 0.4) is 0 Å². The van der Waals surface area contributed by atoms with Crippen molar-refractivity contribution in [3.05, 3.63) is 72.3 Å². The average molecular weight is 445 g/mol. The largest absolute Gasteiger partial charge is 0.393 e. The number of benzene rings is 1. The van der Waals surface area contributed by atoms with Gasteiger partial charge in [0.25, 0.3) is 0 Å². The number of anilines is 1. The lowest BCUT2D eigenvalue weighted by Crippen LogP contribution is -2.42. The smallest absolute Gasteiger partial charge is 0.325 e. The van der Waals surface area contributed by atoms with Gasteiger partial charge in [-0.3, -0.25) is 19.7 Å². The fraction of sp³-hybridized carbons (Fsp3) is 0.280. The lowest BCUT2D eigenvalue weighted by atomic mass is 9.93.